The maximum atomic E-state index is 12.5. The zero-order chi connectivity index (χ0) is 25.1. The summed E-state index contributed by atoms with van der Waals surface area (Å²) in [6, 6.07) is 14.6. The third kappa shape index (κ3) is 5.32. The van der Waals surface area contributed by atoms with Crippen LogP contribution in [0.5, 0.6) is 11.5 Å². The molecule has 0 unspecified atom stereocenters. The van der Waals surface area contributed by atoms with Crippen LogP contribution in [0.3, 0.4) is 0 Å². The minimum atomic E-state index is -0.750. The van der Waals surface area contributed by atoms with Crippen molar-refractivity contribution in [3.05, 3.63) is 103 Å². The van der Waals surface area contributed by atoms with Gasteiger partial charge in [0.25, 0.3) is 5.69 Å². The summed E-state index contributed by atoms with van der Waals surface area (Å²) in [5, 5.41) is 11.5. The van der Waals surface area contributed by atoms with Crippen LogP contribution in [0.2, 0.25) is 10.0 Å². The molecule has 0 radical (unpaired) electrons. The molecule has 0 spiro atoms. The van der Waals surface area contributed by atoms with Crippen molar-refractivity contribution in [2.24, 2.45) is 4.99 Å². The van der Waals surface area contributed by atoms with Crippen LogP contribution in [-0.4, -0.2) is 29.9 Å². The summed E-state index contributed by atoms with van der Waals surface area (Å²) < 4.78 is 15.9. The lowest BCUT2D eigenvalue weighted by Gasteiger charge is -2.12. The lowest BCUT2D eigenvalue weighted by Crippen LogP contribution is -2.09. The number of hydrogen-bond donors (Lipinski definition) is 0. The molecular formula is C24H14Cl2N2O7. The van der Waals surface area contributed by atoms with Crippen molar-refractivity contribution in [3.8, 4) is 11.5 Å². The Kier molecular flexibility index (Phi) is 6.81. The SMILES string of the molecule is COc1cc(/C=C2\N=C(c3cccc([N+](=O)[O-])c3)OC2=O)cc(Cl)c1OC(=O)c1ccc(Cl)cc1. The van der Waals surface area contributed by atoms with E-state index in [0.29, 0.717) is 10.6 Å². The van der Waals surface area contributed by atoms with Gasteiger partial charge in [-0.15, -0.1) is 0 Å². The fraction of sp³-hybridized carbons (Fsp3) is 0.0417. The number of hydrogen-bond acceptors (Lipinski definition) is 8. The van der Waals surface area contributed by atoms with Crippen molar-refractivity contribution in [1.29, 1.82) is 0 Å². The van der Waals surface area contributed by atoms with Gasteiger partial charge in [-0.1, -0.05) is 29.3 Å². The highest BCUT2D eigenvalue weighted by molar-refractivity contribution is 6.32. The van der Waals surface area contributed by atoms with Gasteiger partial charge in [-0.05, 0) is 54.1 Å². The summed E-state index contributed by atoms with van der Waals surface area (Å²) >= 11 is 12.2. The number of cyclic esters (lactones) is 1. The Morgan fingerprint density at radius 2 is 1.86 bits per heavy atom. The molecule has 176 valence electrons. The molecule has 35 heavy (non-hydrogen) atoms. The van der Waals surface area contributed by atoms with Gasteiger partial charge in [-0.2, -0.15) is 0 Å². The summed E-state index contributed by atoms with van der Waals surface area (Å²) in [6.45, 7) is 0. The number of nitro benzene ring substituents is 1. The van der Waals surface area contributed by atoms with Crippen LogP contribution < -0.4 is 9.47 Å². The number of nitrogens with zero attached hydrogens (tertiary/aromatic N) is 2. The fourth-order valence-electron chi connectivity index (χ4n) is 3.10. The van der Waals surface area contributed by atoms with Crippen LogP contribution in [0.25, 0.3) is 6.08 Å². The number of benzene rings is 3. The summed E-state index contributed by atoms with van der Waals surface area (Å²) in [5.74, 6) is -1.36. The topological polar surface area (TPSA) is 117 Å². The lowest BCUT2D eigenvalue weighted by molar-refractivity contribution is -0.384. The molecule has 0 bridgehead atoms. The second-order valence-corrected chi connectivity index (χ2v) is 7.92. The second kappa shape index (κ2) is 9.96. The van der Waals surface area contributed by atoms with Crippen molar-refractivity contribution in [1.82, 2.24) is 0 Å². The van der Waals surface area contributed by atoms with Crippen LogP contribution >= 0.6 is 23.2 Å². The molecule has 3 aromatic carbocycles. The molecule has 0 saturated carbocycles. The van der Waals surface area contributed by atoms with Gasteiger partial charge in [0.1, 0.15) is 0 Å². The molecule has 3 aromatic rings. The number of aliphatic imine (C=N–C) groups is 1. The van der Waals surface area contributed by atoms with E-state index in [0.717, 1.165) is 0 Å². The maximum Gasteiger partial charge on any atom is 0.363 e. The molecule has 11 heteroatoms. The third-order valence-corrected chi connectivity index (χ3v) is 5.29. The molecule has 1 aliphatic rings. The molecule has 1 heterocycles. The molecular weight excluding hydrogens is 499 g/mol. The highest BCUT2D eigenvalue weighted by atomic mass is 35.5. The Morgan fingerprint density at radius 3 is 2.54 bits per heavy atom. The highest BCUT2D eigenvalue weighted by Crippen LogP contribution is 2.38. The van der Waals surface area contributed by atoms with Crippen LogP contribution in [0.4, 0.5) is 5.69 Å². The first kappa shape index (κ1) is 23.9. The highest BCUT2D eigenvalue weighted by Gasteiger charge is 2.26. The summed E-state index contributed by atoms with van der Waals surface area (Å²) in [7, 11) is 1.37. The van der Waals surface area contributed by atoms with Gasteiger partial charge in [0.2, 0.25) is 5.90 Å². The number of esters is 2. The van der Waals surface area contributed by atoms with Gasteiger partial charge in [0.05, 0.1) is 22.6 Å². The van der Waals surface area contributed by atoms with E-state index < -0.39 is 16.9 Å². The maximum absolute atomic E-state index is 12.5. The minimum absolute atomic E-state index is 0.00829. The number of carbonyl (C=O) groups is 2. The number of nitro groups is 1. The molecule has 1 aliphatic heterocycles. The van der Waals surface area contributed by atoms with Crippen LogP contribution in [-0.2, 0) is 9.53 Å². The lowest BCUT2D eigenvalue weighted by atomic mass is 10.1. The predicted octanol–water partition coefficient (Wildman–Crippen LogP) is 5.47. The smallest absolute Gasteiger partial charge is 0.363 e. The quantitative estimate of drug-likeness (QED) is 0.141. The predicted molar refractivity (Wildman–Crippen MR) is 128 cm³/mol. The average Bonchev–Trinajstić information content (AvgIpc) is 3.21. The molecule has 0 fully saturated rings. The van der Waals surface area contributed by atoms with E-state index in [-0.39, 0.29) is 44.9 Å². The Balaban J connectivity index is 1.62. The number of methoxy groups -OCH3 is 1. The summed E-state index contributed by atoms with van der Waals surface area (Å²) in [5.41, 5.74) is 0.718. The third-order valence-electron chi connectivity index (χ3n) is 4.75. The van der Waals surface area contributed by atoms with E-state index in [1.165, 1.54) is 61.7 Å². The van der Waals surface area contributed by atoms with Gasteiger partial charge < -0.3 is 14.2 Å². The van der Waals surface area contributed by atoms with Crippen molar-refractivity contribution >= 4 is 52.8 Å². The second-order valence-electron chi connectivity index (χ2n) is 7.07. The van der Waals surface area contributed by atoms with E-state index in [4.69, 9.17) is 37.4 Å². The van der Waals surface area contributed by atoms with E-state index in [9.17, 15) is 19.7 Å². The first-order chi connectivity index (χ1) is 16.7. The van der Waals surface area contributed by atoms with E-state index in [1.807, 2.05) is 0 Å². The van der Waals surface area contributed by atoms with Crippen LogP contribution in [0, 0.1) is 10.1 Å². The van der Waals surface area contributed by atoms with Crippen molar-refractivity contribution in [2.45, 2.75) is 0 Å². The standard InChI is InChI=1S/C24H14Cl2N2O7/c1-33-20-11-13(9-18(26)21(20)34-23(29)14-5-7-16(25)8-6-14)10-19-24(30)35-22(27-19)15-3-2-4-17(12-15)28(31)32/h2-12H,1H3/b19-10-. The largest absolute Gasteiger partial charge is 0.493 e. The van der Waals surface area contributed by atoms with E-state index >= 15 is 0 Å². The van der Waals surface area contributed by atoms with Gasteiger partial charge in [-0.25, -0.2) is 14.6 Å². The van der Waals surface area contributed by atoms with Gasteiger partial charge in [-0.3, -0.25) is 10.1 Å². The first-order valence-corrected chi connectivity index (χ1v) is 10.6. The fourth-order valence-corrected chi connectivity index (χ4v) is 3.49. The zero-order valence-corrected chi connectivity index (χ0v) is 19.4. The molecule has 0 N–H and O–H groups in total. The number of halogens is 2. The Morgan fingerprint density at radius 1 is 1.11 bits per heavy atom. The molecule has 0 amide bonds. The molecule has 0 saturated heterocycles. The van der Waals surface area contributed by atoms with Gasteiger partial charge >= 0.3 is 11.9 Å². The molecule has 0 aliphatic carbocycles. The molecule has 0 aromatic heterocycles. The number of rotatable bonds is 6. The number of carbonyl (C=O) groups excluding carboxylic acids is 2. The number of ether oxygens (including phenoxy) is 3. The van der Waals surface area contributed by atoms with Crippen molar-refractivity contribution in [2.75, 3.05) is 7.11 Å². The van der Waals surface area contributed by atoms with E-state index in [1.54, 1.807) is 12.1 Å². The Labute approximate surface area is 208 Å². The molecule has 0 atom stereocenters. The average molecular weight is 513 g/mol. The zero-order valence-electron chi connectivity index (χ0n) is 17.9. The summed E-state index contributed by atoms with van der Waals surface area (Å²) in [6.07, 6.45) is 1.39. The van der Waals surface area contributed by atoms with Gasteiger partial charge in [0.15, 0.2) is 17.2 Å². The monoisotopic (exact) mass is 512 g/mol. The summed E-state index contributed by atoms with van der Waals surface area (Å²) in [4.78, 5) is 39.4. The van der Waals surface area contributed by atoms with Gasteiger partial charge in [0, 0.05) is 22.7 Å². The normalized spacial score (nSPS) is 13.9. The van der Waals surface area contributed by atoms with Crippen molar-refractivity contribution in [3.63, 3.8) is 0 Å². The number of non-ortho nitro benzene ring substituents is 1. The van der Waals surface area contributed by atoms with Crippen LogP contribution in [0.1, 0.15) is 21.5 Å². The molecule has 4 rings (SSSR count). The van der Waals surface area contributed by atoms with Crippen LogP contribution in [0.15, 0.2) is 71.4 Å². The van der Waals surface area contributed by atoms with E-state index in [2.05, 4.69) is 4.99 Å². The minimum Gasteiger partial charge on any atom is -0.493 e. The Bertz CT molecular complexity index is 1420. The van der Waals surface area contributed by atoms with Crippen molar-refractivity contribution < 1.29 is 28.7 Å². The molecule has 9 nitrogen and oxygen atoms in total. The first-order valence-electron chi connectivity index (χ1n) is 9.88. The Hall–Kier alpha value is -4.21.